The predicted molar refractivity (Wildman–Crippen MR) is 111 cm³/mol. The number of benzene rings is 1. The van der Waals surface area contributed by atoms with E-state index in [-0.39, 0.29) is 23.1 Å². The normalized spacial score (nSPS) is 17.2. The summed E-state index contributed by atoms with van der Waals surface area (Å²) in [5.74, 6) is -0.943. The van der Waals surface area contributed by atoms with E-state index in [4.69, 9.17) is 28.5 Å². The molecule has 1 heterocycles. The minimum Gasteiger partial charge on any atom is -0.294 e. The largest absolute Gasteiger partial charge is 0.294 e. The highest BCUT2D eigenvalue weighted by molar-refractivity contribution is 6.50. The van der Waals surface area contributed by atoms with Crippen molar-refractivity contribution in [2.75, 3.05) is 5.01 Å². The van der Waals surface area contributed by atoms with Gasteiger partial charge in [-0.25, -0.2) is 0 Å². The SMILES string of the molecule is CC(C)C1=CC(Cc2c(Cl)cc(N3N=C(C#N)C(=O)CC3=O)cc2Cl)=CCC1=O. The fourth-order valence-corrected chi connectivity index (χ4v) is 3.78. The Kier molecular flexibility index (Phi) is 6.02. The molecule has 1 aromatic rings. The lowest BCUT2D eigenvalue weighted by molar-refractivity contribution is -0.124. The van der Waals surface area contributed by atoms with Gasteiger partial charge in [0.25, 0.3) is 5.91 Å². The summed E-state index contributed by atoms with van der Waals surface area (Å²) in [5, 5.41) is 14.4. The Hall–Kier alpha value is -2.75. The molecule has 0 saturated carbocycles. The summed E-state index contributed by atoms with van der Waals surface area (Å²) < 4.78 is 0. The number of rotatable bonds is 4. The third kappa shape index (κ3) is 4.31. The molecule has 0 aromatic heterocycles. The van der Waals surface area contributed by atoms with E-state index in [0.717, 1.165) is 16.2 Å². The third-order valence-corrected chi connectivity index (χ3v) is 5.38. The number of carbonyl (C=O) groups excluding carboxylic acids is 3. The topological polar surface area (TPSA) is 90.6 Å². The summed E-state index contributed by atoms with van der Waals surface area (Å²) >= 11 is 12.9. The van der Waals surface area contributed by atoms with Crippen molar-refractivity contribution in [1.82, 2.24) is 0 Å². The molecule has 1 aliphatic heterocycles. The van der Waals surface area contributed by atoms with Crippen LogP contribution in [0.25, 0.3) is 0 Å². The van der Waals surface area contributed by atoms with Crippen LogP contribution >= 0.6 is 23.2 Å². The zero-order chi connectivity index (χ0) is 21.3. The van der Waals surface area contributed by atoms with Gasteiger partial charge in [-0.15, -0.1) is 0 Å². The molecule has 148 valence electrons. The van der Waals surface area contributed by atoms with Crippen LogP contribution in [-0.4, -0.2) is 23.2 Å². The maximum atomic E-state index is 12.2. The summed E-state index contributed by atoms with van der Waals surface area (Å²) in [6, 6.07) is 4.73. The number of Topliss-reactive ketones (excluding diaryl/α,β-unsaturated/α-hetero) is 2. The van der Waals surface area contributed by atoms with E-state index in [0.29, 0.717) is 28.5 Å². The highest BCUT2D eigenvalue weighted by atomic mass is 35.5. The van der Waals surface area contributed by atoms with Crippen LogP contribution < -0.4 is 5.01 Å². The van der Waals surface area contributed by atoms with Crippen molar-refractivity contribution in [2.45, 2.75) is 33.1 Å². The molecular weight excluding hydrogens is 413 g/mol. The monoisotopic (exact) mass is 429 g/mol. The number of allylic oxidation sites excluding steroid dienone is 4. The van der Waals surface area contributed by atoms with E-state index in [1.165, 1.54) is 12.1 Å². The molecular formula is C21H17Cl2N3O3. The van der Waals surface area contributed by atoms with Crippen LogP contribution in [0, 0.1) is 17.2 Å². The summed E-state index contributed by atoms with van der Waals surface area (Å²) in [6.45, 7) is 3.94. The minimum atomic E-state index is -0.617. The van der Waals surface area contributed by atoms with Gasteiger partial charge in [-0.3, -0.25) is 14.4 Å². The lowest BCUT2D eigenvalue weighted by Crippen LogP contribution is -2.36. The first kappa shape index (κ1) is 21.0. The molecule has 6 nitrogen and oxygen atoms in total. The highest BCUT2D eigenvalue weighted by Crippen LogP contribution is 2.35. The van der Waals surface area contributed by atoms with Crippen LogP contribution in [0.2, 0.25) is 10.0 Å². The van der Waals surface area contributed by atoms with Crippen LogP contribution in [0.3, 0.4) is 0 Å². The van der Waals surface area contributed by atoms with E-state index in [2.05, 4.69) is 5.10 Å². The molecule has 3 rings (SSSR count). The Morgan fingerprint density at radius 3 is 2.41 bits per heavy atom. The van der Waals surface area contributed by atoms with Crippen molar-refractivity contribution in [3.63, 3.8) is 0 Å². The fraction of sp³-hybridized carbons (Fsp3) is 0.286. The van der Waals surface area contributed by atoms with E-state index in [9.17, 15) is 14.4 Å². The van der Waals surface area contributed by atoms with Crippen molar-refractivity contribution >= 4 is 52.1 Å². The van der Waals surface area contributed by atoms with Crippen molar-refractivity contribution in [2.24, 2.45) is 11.0 Å². The Bertz CT molecular complexity index is 1040. The van der Waals surface area contributed by atoms with Gasteiger partial charge in [0.05, 0.1) is 12.1 Å². The number of nitrogens with zero attached hydrogens (tertiary/aromatic N) is 3. The van der Waals surface area contributed by atoms with Gasteiger partial charge in [0.2, 0.25) is 11.5 Å². The molecule has 0 radical (unpaired) electrons. The Morgan fingerprint density at radius 1 is 1.17 bits per heavy atom. The van der Waals surface area contributed by atoms with Gasteiger partial charge >= 0.3 is 0 Å². The van der Waals surface area contributed by atoms with Crippen molar-refractivity contribution in [1.29, 1.82) is 5.26 Å². The minimum absolute atomic E-state index is 0.112. The molecule has 0 spiro atoms. The number of anilines is 1. The van der Waals surface area contributed by atoms with Crippen molar-refractivity contribution in [3.8, 4) is 6.07 Å². The van der Waals surface area contributed by atoms with Gasteiger partial charge in [-0.1, -0.05) is 49.2 Å². The first-order chi connectivity index (χ1) is 13.7. The first-order valence-electron chi connectivity index (χ1n) is 8.97. The third-order valence-electron chi connectivity index (χ3n) is 4.70. The van der Waals surface area contributed by atoms with Gasteiger partial charge in [-0.2, -0.15) is 15.4 Å². The zero-order valence-electron chi connectivity index (χ0n) is 15.8. The molecule has 0 fully saturated rings. The van der Waals surface area contributed by atoms with Gasteiger partial charge < -0.3 is 0 Å². The average Bonchev–Trinajstić information content (AvgIpc) is 2.65. The summed E-state index contributed by atoms with van der Waals surface area (Å²) in [6.07, 6.45) is 4.07. The molecule has 0 N–H and O–H groups in total. The number of hydrogen-bond donors (Lipinski definition) is 0. The van der Waals surface area contributed by atoms with Crippen LogP contribution in [0.15, 0.2) is 40.5 Å². The molecule has 0 bridgehead atoms. The maximum absolute atomic E-state index is 12.2. The average molecular weight is 430 g/mol. The zero-order valence-corrected chi connectivity index (χ0v) is 17.3. The summed E-state index contributed by atoms with van der Waals surface area (Å²) in [5.41, 5.74) is 2.30. The maximum Gasteiger partial charge on any atom is 0.255 e. The lowest BCUT2D eigenvalue weighted by Gasteiger charge is -2.22. The number of nitriles is 1. The van der Waals surface area contributed by atoms with E-state index in [1.54, 1.807) is 6.07 Å². The van der Waals surface area contributed by atoms with Crippen molar-refractivity contribution in [3.05, 3.63) is 51.0 Å². The van der Waals surface area contributed by atoms with E-state index >= 15 is 0 Å². The molecule has 1 aromatic carbocycles. The van der Waals surface area contributed by atoms with Crippen LogP contribution in [0.4, 0.5) is 5.69 Å². The van der Waals surface area contributed by atoms with Gasteiger partial charge in [-0.05, 0) is 34.8 Å². The second-order valence-corrected chi connectivity index (χ2v) is 7.91. The van der Waals surface area contributed by atoms with Crippen LogP contribution in [0.5, 0.6) is 0 Å². The van der Waals surface area contributed by atoms with Gasteiger partial charge in [0.15, 0.2) is 5.78 Å². The highest BCUT2D eigenvalue weighted by Gasteiger charge is 2.29. The van der Waals surface area contributed by atoms with Gasteiger partial charge in [0, 0.05) is 22.9 Å². The van der Waals surface area contributed by atoms with E-state index in [1.807, 2.05) is 26.0 Å². The van der Waals surface area contributed by atoms with Crippen molar-refractivity contribution < 1.29 is 14.4 Å². The Labute approximate surface area is 178 Å². The molecule has 8 heteroatoms. The fourth-order valence-electron chi connectivity index (χ4n) is 3.17. The molecule has 0 atom stereocenters. The Morgan fingerprint density at radius 2 is 1.83 bits per heavy atom. The quantitative estimate of drug-likeness (QED) is 0.670. The molecule has 29 heavy (non-hydrogen) atoms. The second kappa shape index (κ2) is 8.32. The Balaban J connectivity index is 1.92. The van der Waals surface area contributed by atoms with Crippen LogP contribution in [0.1, 0.15) is 32.3 Å². The smallest absolute Gasteiger partial charge is 0.255 e. The lowest BCUT2D eigenvalue weighted by atomic mass is 9.88. The molecule has 1 aliphatic carbocycles. The first-order valence-corrected chi connectivity index (χ1v) is 9.73. The van der Waals surface area contributed by atoms with E-state index < -0.39 is 18.1 Å². The molecule has 0 unspecified atom stereocenters. The molecule has 1 amide bonds. The number of ketones is 2. The second-order valence-electron chi connectivity index (χ2n) is 7.09. The van der Waals surface area contributed by atoms with Crippen LogP contribution in [-0.2, 0) is 20.8 Å². The molecule has 0 saturated heterocycles. The molecule has 2 aliphatic rings. The number of hydrogen-bond acceptors (Lipinski definition) is 5. The number of hydrazone groups is 1. The summed E-state index contributed by atoms with van der Waals surface area (Å²) in [4.78, 5) is 35.8. The number of amides is 1. The summed E-state index contributed by atoms with van der Waals surface area (Å²) in [7, 11) is 0. The predicted octanol–water partition coefficient (Wildman–Crippen LogP) is 4.20. The standard InChI is InChI=1S/C21H17Cl2N3O3/c1-11(2)14-5-12(3-4-19(14)27)6-15-16(22)7-13(8-17(15)23)26-21(29)9-20(28)18(10-24)25-26/h3,5,7-8,11H,4,6,9H2,1-2H3. The van der Waals surface area contributed by atoms with Gasteiger partial charge in [0.1, 0.15) is 6.07 Å². The number of carbonyl (C=O) groups is 3. The number of halogens is 2.